The van der Waals surface area contributed by atoms with Gasteiger partial charge >= 0.3 is 5.97 Å². The Morgan fingerprint density at radius 1 is 1.10 bits per heavy atom. The lowest BCUT2D eigenvalue weighted by molar-refractivity contribution is -0.117. The van der Waals surface area contributed by atoms with Crippen molar-refractivity contribution < 1.29 is 23.5 Å². The third kappa shape index (κ3) is 4.99. The minimum Gasteiger partial charge on any atom is -0.497 e. The van der Waals surface area contributed by atoms with Crippen LogP contribution in [0.5, 0.6) is 5.75 Å². The predicted octanol–water partition coefficient (Wildman–Crippen LogP) is 4.08. The maximum absolute atomic E-state index is 12.6. The molecule has 30 heavy (non-hydrogen) atoms. The highest BCUT2D eigenvalue weighted by molar-refractivity contribution is 5.96. The fraction of sp³-hybridized carbons (Fsp3) is 0.304. The molecule has 0 radical (unpaired) electrons. The first-order chi connectivity index (χ1) is 14.5. The van der Waals surface area contributed by atoms with Crippen LogP contribution in [0.4, 0.5) is 5.69 Å². The maximum atomic E-state index is 12.6. The number of fused-ring (bicyclic) bond motifs is 1. The summed E-state index contributed by atoms with van der Waals surface area (Å²) in [5, 5.41) is 3.72. The van der Waals surface area contributed by atoms with Crippen LogP contribution in [0.2, 0.25) is 0 Å². The Morgan fingerprint density at radius 2 is 1.90 bits per heavy atom. The van der Waals surface area contributed by atoms with Gasteiger partial charge in [0, 0.05) is 29.2 Å². The lowest BCUT2D eigenvalue weighted by atomic mass is 10.1. The van der Waals surface area contributed by atoms with E-state index in [2.05, 4.69) is 5.32 Å². The van der Waals surface area contributed by atoms with Gasteiger partial charge in [0.05, 0.1) is 20.3 Å². The third-order valence-corrected chi connectivity index (χ3v) is 4.71. The van der Waals surface area contributed by atoms with Crippen molar-refractivity contribution in [1.29, 1.82) is 0 Å². The number of amides is 1. The predicted molar refractivity (Wildman–Crippen MR) is 115 cm³/mol. The number of carbonyl (C=O) groups excluding carboxylic acids is 2. The number of hydrogen-bond acceptors (Lipinski definition) is 6. The fourth-order valence-electron chi connectivity index (χ4n) is 3.22. The standard InChI is InChI=1S/C23H26N2O5/c1-4-25(15-21(26)24-16-9-8-10-17(13-16)28-3)14-19-18-11-6-7-12-20(18)30-22(19)23(27)29-5-2/h6-13H,4-5,14-15H2,1-3H3,(H,24,26). The molecule has 158 valence electrons. The highest BCUT2D eigenvalue weighted by atomic mass is 16.5. The van der Waals surface area contributed by atoms with Gasteiger partial charge in [0.15, 0.2) is 0 Å². The van der Waals surface area contributed by atoms with E-state index in [1.54, 1.807) is 26.2 Å². The summed E-state index contributed by atoms with van der Waals surface area (Å²) in [7, 11) is 1.58. The number of nitrogens with one attached hydrogen (secondary N) is 1. The second kappa shape index (κ2) is 9.93. The number of ether oxygens (including phenoxy) is 2. The van der Waals surface area contributed by atoms with Crippen molar-refractivity contribution in [2.24, 2.45) is 0 Å². The van der Waals surface area contributed by atoms with Crippen molar-refractivity contribution in [2.75, 3.05) is 32.1 Å². The number of hydrogen-bond donors (Lipinski definition) is 1. The van der Waals surface area contributed by atoms with Crippen LogP contribution in [0.25, 0.3) is 11.0 Å². The lowest BCUT2D eigenvalue weighted by Crippen LogP contribution is -2.33. The highest BCUT2D eigenvalue weighted by Gasteiger charge is 2.23. The van der Waals surface area contributed by atoms with Crippen molar-refractivity contribution in [3.05, 3.63) is 59.9 Å². The summed E-state index contributed by atoms with van der Waals surface area (Å²) in [6.07, 6.45) is 0. The molecule has 2 aromatic carbocycles. The van der Waals surface area contributed by atoms with E-state index in [0.717, 1.165) is 10.9 Å². The van der Waals surface area contributed by atoms with Crippen LogP contribution in [0.1, 0.15) is 30.0 Å². The van der Waals surface area contributed by atoms with Gasteiger partial charge in [0.25, 0.3) is 0 Å². The second-order valence-electron chi connectivity index (χ2n) is 6.71. The zero-order valence-electron chi connectivity index (χ0n) is 17.4. The minimum absolute atomic E-state index is 0.157. The topological polar surface area (TPSA) is 81.0 Å². The first kappa shape index (κ1) is 21.4. The lowest BCUT2D eigenvalue weighted by Gasteiger charge is -2.20. The number of esters is 1. The van der Waals surface area contributed by atoms with Crippen molar-refractivity contribution >= 4 is 28.5 Å². The number of nitrogens with zero attached hydrogens (tertiary/aromatic N) is 1. The zero-order valence-corrected chi connectivity index (χ0v) is 17.4. The van der Waals surface area contributed by atoms with Crippen molar-refractivity contribution in [2.45, 2.75) is 20.4 Å². The number of furan rings is 1. The van der Waals surface area contributed by atoms with Crippen LogP contribution in [0.15, 0.2) is 52.9 Å². The molecular formula is C23H26N2O5. The van der Waals surface area contributed by atoms with Gasteiger partial charge in [-0.3, -0.25) is 9.69 Å². The molecule has 0 saturated heterocycles. The number of rotatable bonds is 9. The molecule has 0 spiro atoms. The molecule has 7 nitrogen and oxygen atoms in total. The van der Waals surface area contributed by atoms with Crippen molar-refractivity contribution in [3.63, 3.8) is 0 Å². The maximum Gasteiger partial charge on any atom is 0.374 e. The monoisotopic (exact) mass is 410 g/mol. The summed E-state index contributed by atoms with van der Waals surface area (Å²) in [5.74, 6) is 0.199. The zero-order chi connectivity index (χ0) is 21.5. The summed E-state index contributed by atoms with van der Waals surface area (Å²) < 4.78 is 16.1. The van der Waals surface area contributed by atoms with E-state index >= 15 is 0 Å². The first-order valence-corrected chi connectivity index (χ1v) is 9.89. The van der Waals surface area contributed by atoms with Gasteiger partial charge in [0.1, 0.15) is 11.3 Å². The Kier molecular flexibility index (Phi) is 7.08. The number of anilines is 1. The van der Waals surface area contributed by atoms with E-state index in [-0.39, 0.29) is 24.8 Å². The summed E-state index contributed by atoms with van der Waals surface area (Å²) in [6.45, 7) is 5.14. The molecule has 7 heteroatoms. The average Bonchev–Trinajstić information content (AvgIpc) is 3.12. The number of carbonyl (C=O) groups is 2. The molecule has 1 aromatic heterocycles. The molecule has 1 heterocycles. The molecule has 0 aliphatic heterocycles. The Bertz CT molecular complexity index is 1030. The van der Waals surface area contributed by atoms with E-state index in [0.29, 0.717) is 30.1 Å². The Labute approximate surface area is 175 Å². The third-order valence-electron chi connectivity index (χ3n) is 4.71. The first-order valence-electron chi connectivity index (χ1n) is 9.89. The smallest absolute Gasteiger partial charge is 0.374 e. The highest BCUT2D eigenvalue weighted by Crippen LogP contribution is 2.28. The Balaban J connectivity index is 1.78. The molecule has 3 aromatic rings. The Morgan fingerprint density at radius 3 is 2.63 bits per heavy atom. The van der Waals surface area contributed by atoms with Gasteiger partial charge in [-0.05, 0) is 31.7 Å². The van der Waals surface area contributed by atoms with Crippen LogP contribution in [0, 0.1) is 0 Å². The van der Waals surface area contributed by atoms with Gasteiger partial charge in [-0.25, -0.2) is 4.79 Å². The number of methoxy groups -OCH3 is 1. The molecule has 3 rings (SSSR count). The summed E-state index contributed by atoms with van der Waals surface area (Å²) in [5.41, 5.74) is 2.00. The second-order valence-corrected chi connectivity index (χ2v) is 6.71. The number of para-hydroxylation sites is 1. The van der Waals surface area contributed by atoms with E-state index in [4.69, 9.17) is 13.9 Å². The number of likely N-dealkylation sites (N-methyl/N-ethyl adjacent to an activating group) is 1. The van der Waals surface area contributed by atoms with Crippen LogP contribution in [-0.2, 0) is 16.1 Å². The molecule has 0 aliphatic rings. The SMILES string of the molecule is CCOC(=O)c1oc2ccccc2c1CN(CC)CC(=O)Nc1cccc(OC)c1. The van der Waals surface area contributed by atoms with Gasteiger partial charge in [-0.2, -0.15) is 0 Å². The number of benzene rings is 2. The van der Waals surface area contributed by atoms with E-state index in [9.17, 15) is 9.59 Å². The van der Waals surface area contributed by atoms with Crippen LogP contribution in [0.3, 0.4) is 0 Å². The average molecular weight is 410 g/mol. The largest absolute Gasteiger partial charge is 0.497 e. The molecule has 0 saturated carbocycles. The minimum atomic E-state index is -0.499. The van der Waals surface area contributed by atoms with E-state index in [1.807, 2.05) is 48.2 Å². The molecule has 1 amide bonds. The molecule has 0 aliphatic carbocycles. The molecule has 0 fully saturated rings. The van der Waals surface area contributed by atoms with Crippen molar-refractivity contribution in [3.8, 4) is 5.75 Å². The molecular weight excluding hydrogens is 384 g/mol. The van der Waals surface area contributed by atoms with E-state index in [1.165, 1.54) is 0 Å². The van der Waals surface area contributed by atoms with Crippen LogP contribution >= 0.6 is 0 Å². The summed E-state index contributed by atoms with van der Waals surface area (Å²) in [4.78, 5) is 26.9. The Hall–Kier alpha value is -3.32. The van der Waals surface area contributed by atoms with Gasteiger partial charge in [0.2, 0.25) is 11.7 Å². The van der Waals surface area contributed by atoms with Gasteiger partial charge < -0.3 is 19.2 Å². The quantitative estimate of drug-likeness (QED) is 0.536. The summed E-state index contributed by atoms with van der Waals surface area (Å²) >= 11 is 0. The van der Waals surface area contributed by atoms with Gasteiger partial charge in [-0.15, -0.1) is 0 Å². The van der Waals surface area contributed by atoms with Gasteiger partial charge in [-0.1, -0.05) is 31.2 Å². The summed E-state index contributed by atoms with van der Waals surface area (Å²) in [6, 6.07) is 14.7. The van der Waals surface area contributed by atoms with Crippen LogP contribution in [-0.4, -0.2) is 43.6 Å². The van der Waals surface area contributed by atoms with Crippen LogP contribution < -0.4 is 10.1 Å². The van der Waals surface area contributed by atoms with E-state index < -0.39 is 5.97 Å². The molecule has 0 bridgehead atoms. The fourth-order valence-corrected chi connectivity index (χ4v) is 3.22. The molecule has 1 N–H and O–H groups in total. The molecule has 0 atom stereocenters. The molecule has 0 unspecified atom stereocenters. The van der Waals surface area contributed by atoms with Crippen molar-refractivity contribution in [1.82, 2.24) is 4.90 Å². The normalized spacial score (nSPS) is 10.9.